The molecule has 0 N–H and O–H groups in total. The fraction of sp³-hybridized carbons (Fsp3) is 0.438. The number of piperidine rings is 1. The topological polar surface area (TPSA) is 46.1 Å². The predicted octanol–water partition coefficient (Wildman–Crippen LogP) is 2.80. The molecule has 110 valence electrons. The predicted molar refractivity (Wildman–Crippen MR) is 83.3 cm³/mol. The van der Waals surface area contributed by atoms with Gasteiger partial charge in [-0.3, -0.25) is 9.78 Å². The number of amides is 1. The molecular formula is C16H19N3OS. The Balaban J connectivity index is 1.63. The lowest BCUT2D eigenvalue weighted by Crippen LogP contribution is -2.39. The summed E-state index contributed by atoms with van der Waals surface area (Å²) in [5.41, 5.74) is 1.97. The van der Waals surface area contributed by atoms with Crippen LogP contribution in [0.2, 0.25) is 0 Å². The number of thiazole rings is 1. The third kappa shape index (κ3) is 3.47. The number of hydrogen-bond acceptors (Lipinski definition) is 4. The van der Waals surface area contributed by atoms with Gasteiger partial charge in [0.1, 0.15) is 0 Å². The third-order valence-electron chi connectivity index (χ3n) is 3.90. The van der Waals surface area contributed by atoms with E-state index in [-0.39, 0.29) is 5.91 Å². The van der Waals surface area contributed by atoms with Crippen molar-refractivity contribution < 1.29 is 4.79 Å². The van der Waals surface area contributed by atoms with Crippen LogP contribution in [0.25, 0.3) is 0 Å². The Morgan fingerprint density at radius 2 is 2.33 bits per heavy atom. The first-order chi connectivity index (χ1) is 10.2. The van der Waals surface area contributed by atoms with E-state index >= 15 is 0 Å². The summed E-state index contributed by atoms with van der Waals surface area (Å²) in [6.45, 7) is 3.61. The van der Waals surface area contributed by atoms with Crippen molar-refractivity contribution in [3.05, 3.63) is 46.2 Å². The van der Waals surface area contributed by atoms with Crippen molar-refractivity contribution in [1.29, 1.82) is 0 Å². The zero-order valence-corrected chi connectivity index (χ0v) is 13.0. The summed E-state index contributed by atoms with van der Waals surface area (Å²) < 4.78 is 0. The van der Waals surface area contributed by atoms with Gasteiger partial charge in [0.25, 0.3) is 0 Å². The number of aryl methyl sites for hydroxylation is 1. The molecule has 3 heterocycles. The van der Waals surface area contributed by atoms with Gasteiger partial charge in [-0.2, -0.15) is 0 Å². The van der Waals surface area contributed by atoms with Gasteiger partial charge in [0.05, 0.1) is 11.4 Å². The molecule has 3 rings (SSSR count). The first-order valence-electron chi connectivity index (χ1n) is 7.31. The Kier molecular flexibility index (Phi) is 4.29. The van der Waals surface area contributed by atoms with Crippen LogP contribution in [0, 0.1) is 6.92 Å². The first kappa shape index (κ1) is 14.2. The van der Waals surface area contributed by atoms with E-state index in [0.29, 0.717) is 12.3 Å². The fourth-order valence-electron chi connectivity index (χ4n) is 2.73. The summed E-state index contributed by atoms with van der Waals surface area (Å²) in [6, 6.07) is 3.94. The minimum Gasteiger partial charge on any atom is -0.342 e. The highest BCUT2D eigenvalue weighted by Crippen LogP contribution is 2.28. The van der Waals surface area contributed by atoms with E-state index in [1.165, 1.54) is 0 Å². The zero-order valence-electron chi connectivity index (χ0n) is 12.2. The molecule has 1 atom stereocenters. The van der Waals surface area contributed by atoms with E-state index in [2.05, 4.69) is 9.97 Å². The number of hydrogen-bond donors (Lipinski definition) is 0. The number of aromatic nitrogens is 2. The highest BCUT2D eigenvalue weighted by molar-refractivity contribution is 7.09. The molecule has 4 nitrogen and oxygen atoms in total. The molecule has 0 unspecified atom stereocenters. The Morgan fingerprint density at radius 3 is 3.05 bits per heavy atom. The lowest BCUT2D eigenvalue weighted by atomic mass is 9.98. The Bertz CT molecular complexity index is 594. The average molecular weight is 301 g/mol. The maximum Gasteiger partial charge on any atom is 0.227 e. The Morgan fingerprint density at radius 1 is 1.43 bits per heavy atom. The number of nitrogens with zero attached hydrogens (tertiary/aromatic N) is 3. The van der Waals surface area contributed by atoms with Crippen LogP contribution in [0.3, 0.4) is 0 Å². The lowest BCUT2D eigenvalue weighted by molar-refractivity contribution is -0.131. The molecule has 0 aromatic carbocycles. The maximum atomic E-state index is 12.4. The summed E-state index contributed by atoms with van der Waals surface area (Å²) in [4.78, 5) is 23.1. The molecule has 1 saturated heterocycles. The summed E-state index contributed by atoms with van der Waals surface area (Å²) in [5, 5.41) is 3.16. The fourth-order valence-corrected chi connectivity index (χ4v) is 3.50. The van der Waals surface area contributed by atoms with Crippen molar-refractivity contribution in [1.82, 2.24) is 14.9 Å². The van der Waals surface area contributed by atoms with Crippen LogP contribution < -0.4 is 0 Å². The van der Waals surface area contributed by atoms with Crippen LogP contribution in [-0.4, -0.2) is 33.9 Å². The van der Waals surface area contributed by atoms with Crippen LogP contribution in [0.5, 0.6) is 0 Å². The summed E-state index contributed by atoms with van der Waals surface area (Å²) >= 11 is 1.69. The molecule has 0 saturated carbocycles. The minimum absolute atomic E-state index is 0.196. The summed E-state index contributed by atoms with van der Waals surface area (Å²) in [7, 11) is 0. The zero-order chi connectivity index (χ0) is 14.7. The van der Waals surface area contributed by atoms with Crippen molar-refractivity contribution in [2.45, 2.75) is 32.1 Å². The van der Waals surface area contributed by atoms with Crippen molar-refractivity contribution in [3.8, 4) is 0 Å². The Labute approximate surface area is 128 Å². The monoisotopic (exact) mass is 301 g/mol. The van der Waals surface area contributed by atoms with Gasteiger partial charge >= 0.3 is 0 Å². The van der Waals surface area contributed by atoms with E-state index in [1.807, 2.05) is 35.5 Å². The molecule has 1 amide bonds. The second kappa shape index (κ2) is 6.35. The van der Waals surface area contributed by atoms with E-state index in [9.17, 15) is 4.79 Å². The molecule has 1 aliphatic heterocycles. The van der Waals surface area contributed by atoms with Gasteiger partial charge < -0.3 is 4.90 Å². The van der Waals surface area contributed by atoms with E-state index < -0.39 is 0 Å². The summed E-state index contributed by atoms with van der Waals surface area (Å²) in [5.74, 6) is 0.598. The minimum atomic E-state index is 0.196. The van der Waals surface area contributed by atoms with Gasteiger partial charge in [-0.05, 0) is 31.4 Å². The molecule has 0 spiro atoms. The standard InChI is InChI=1S/C16H19N3OS/c1-12-4-5-13(10-18-12)9-15(20)19-7-2-3-14(11-19)16-17-6-8-21-16/h4-6,8,10,14H,2-3,7,9,11H2,1H3/t14-/m0/s1. The van der Waals surface area contributed by atoms with E-state index in [0.717, 1.165) is 42.2 Å². The number of carbonyl (C=O) groups excluding carboxylic acids is 1. The first-order valence-corrected chi connectivity index (χ1v) is 8.19. The molecule has 2 aromatic heterocycles. The maximum absolute atomic E-state index is 12.4. The van der Waals surface area contributed by atoms with E-state index in [4.69, 9.17) is 0 Å². The molecule has 5 heteroatoms. The lowest BCUT2D eigenvalue weighted by Gasteiger charge is -2.32. The number of likely N-dealkylation sites (tertiary alicyclic amines) is 1. The molecular weight excluding hydrogens is 282 g/mol. The van der Waals surface area contributed by atoms with Crippen molar-refractivity contribution in [2.24, 2.45) is 0 Å². The third-order valence-corrected chi connectivity index (χ3v) is 4.84. The average Bonchev–Trinajstić information content (AvgIpc) is 3.04. The normalized spacial score (nSPS) is 18.7. The van der Waals surface area contributed by atoms with Crippen LogP contribution in [-0.2, 0) is 11.2 Å². The Hall–Kier alpha value is -1.75. The van der Waals surface area contributed by atoms with Crippen LogP contribution in [0.4, 0.5) is 0 Å². The van der Waals surface area contributed by atoms with Crippen LogP contribution in [0.15, 0.2) is 29.9 Å². The smallest absolute Gasteiger partial charge is 0.227 e. The number of pyridine rings is 1. The van der Waals surface area contributed by atoms with Gasteiger partial charge in [-0.1, -0.05) is 6.07 Å². The molecule has 2 aromatic rings. The second-order valence-corrected chi connectivity index (χ2v) is 6.46. The SMILES string of the molecule is Cc1ccc(CC(=O)N2CCC[C@H](c3nccs3)C2)cn1. The highest BCUT2D eigenvalue weighted by Gasteiger charge is 2.26. The quantitative estimate of drug-likeness (QED) is 0.876. The second-order valence-electron chi connectivity index (χ2n) is 5.53. The molecule has 0 bridgehead atoms. The largest absolute Gasteiger partial charge is 0.342 e. The molecule has 0 radical (unpaired) electrons. The van der Waals surface area contributed by atoms with Gasteiger partial charge in [-0.25, -0.2) is 4.98 Å². The van der Waals surface area contributed by atoms with Crippen molar-refractivity contribution in [2.75, 3.05) is 13.1 Å². The number of carbonyl (C=O) groups is 1. The van der Waals surface area contributed by atoms with E-state index in [1.54, 1.807) is 17.5 Å². The summed E-state index contributed by atoms with van der Waals surface area (Å²) in [6.07, 6.45) is 6.28. The molecule has 0 aliphatic carbocycles. The van der Waals surface area contributed by atoms with Gasteiger partial charge in [-0.15, -0.1) is 11.3 Å². The van der Waals surface area contributed by atoms with Gasteiger partial charge in [0.15, 0.2) is 0 Å². The molecule has 1 aliphatic rings. The number of rotatable bonds is 3. The van der Waals surface area contributed by atoms with Gasteiger partial charge in [0, 0.05) is 42.5 Å². The van der Waals surface area contributed by atoms with Gasteiger partial charge in [0.2, 0.25) is 5.91 Å². The van der Waals surface area contributed by atoms with Crippen molar-refractivity contribution >= 4 is 17.2 Å². The molecule has 1 fully saturated rings. The molecule has 21 heavy (non-hydrogen) atoms. The highest BCUT2D eigenvalue weighted by atomic mass is 32.1. The van der Waals surface area contributed by atoms with Crippen molar-refractivity contribution in [3.63, 3.8) is 0 Å². The van der Waals surface area contributed by atoms with Crippen LogP contribution in [0.1, 0.15) is 35.0 Å². The van der Waals surface area contributed by atoms with Crippen LogP contribution >= 0.6 is 11.3 Å².